The van der Waals surface area contributed by atoms with Crippen molar-refractivity contribution in [3.63, 3.8) is 0 Å². The number of carbonyl (C=O) groups excluding carboxylic acids is 1. The van der Waals surface area contributed by atoms with E-state index in [0.717, 1.165) is 0 Å². The summed E-state index contributed by atoms with van der Waals surface area (Å²) < 4.78 is 26.3. The molecule has 2 heterocycles. The molecule has 0 spiro atoms. The zero-order valence-electron chi connectivity index (χ0n) is 8.33. The molecule has 0 aromatic carbocycles. The third kappa shape index (κ3) is 1.88. The number of rotatable bonds is 1. The van der Waals surface area contributed by atoms with Crippen LogP contribution in [0.5, 0.6) is 0 Å². The van der Waals surface area contributed by atoms with Gasteiger partial charge < -0.3 is 16.0 Å². The number of amides is 1. The average molecular weight is 228 g/mol. The molecule has 0 saturated carbocycles. The van der Waals surface area contributed by atoms with E-state index in [1.54, 1.807) is 0 Å². The molecule has 2 rings (SSSR count). The SMILES string of the molecule is Nc1nc(N2CCNC(=O)C2)c(F)cc1F. The number of carbonyl (C=O) groups is 1. The van der Waals surface area contributed by atoms with Crippen molar-refractivity contribution in [3.05, 3.63) is 17.7 Å². The van der Waals surface area contributed by atoms with Gasteiger partial charge in [-0.3, -0.25) is 4.79 Å². The van der Waals surface area contributed by atoms with Gasteiger partial charge in [-0.15, -0.1) is 0 Å². The lowest BCUT2D eigenvalue weighted by Gasteiger charge is -2.27. The van der Waals surface area contributed by atoms with Crippen LogP contribution in [-0.2, 0) is 4.79 Å². The minimum atomic E-state index is -0.900. The van der Waals surface area contributed by atoms with Crippen molar-refractivity contribution in [3.8, 4) is 0 Å². The molecule has 1 aromatic rings. The number of nitrogens with one attached hydrogen (secondary N) is 1. The van der Waals surface area contributed by atoms with Crippen molar-refractivity contribution in [2.24, 2.45) is 0 Å². The summed E-state index contributed by atoms with van der Waals surface area (Å²) in [7, 11) is 0. The maximum atomic E-state index is 13.4. The lowest BCUT2D eigenvalue weighted by Crippen LogP contribution is -2.48. The first kappa shape index (κ1) is 10.6. The molecular formula is C9H10F2N4O. The molecule has 1 aromatic heterocycles. The average Bonchev–Trinajstić information content (AvgIpc) is 2.23. The number of pyridine rings is 1. The van der Waals surface area contributed by atoms with Gasteiger partial charge in [-0.2, -0.15) is 0 Å². The molecule has 1 amide bonds. The zero-order valence-corrected chi connectivity index (χ0v) is 8.33. The summed E-state index contributed by atoms with van der Waals surface area (Å²) in [6, 6.07) is 0.671. The number of hydrogen-bond acceptors (Lipinski definition) is 4. The Kier molecular flexibility index (Phi) is 2.59. The van der Waals surface area contributed by atoms with Gasteiger partial charge in [0.1, 0.15) is 0 Å². The number of halogens is 2. The van der Waals surface area contributed by atoms with Gasteiger partial charge in [-0.25, -0.2) is 13.8 Å². The number of nitrogens with two attached hydrogens (primary N) is 1. The van der Waals surface area contributed by atoms with Crippen LogP contribution in [0, 0.1) is 11.6 Å². The van der Waals surface area contributed by atoms with E-state index >= 15 is 0 Å². The number of nitrogens with zero attached hydrogens (tertiary/aromatic N) is 2. The highest BCUT2D eigenvalue weighted by Crippen LogP contribution is 2.20. The van der Waals surface area contributed by atoms with Crippen LogP contribution in [0.3, 0.4) is 0 Å². The molecule has 1 fully saturated rings. The number of nitrogen functional groups attached to an aromatic ring is 1. The predicted molar refractivity (Wildman–Crippen MR) is 53.8 cm³/mol. The summed E-state index contributed by atoms with van der Waals surface area (Å²) in [4.78, 5) is 16.1. The quantitative estimate of drug-likeness (QED) is 0.703. The highest BCUT2D eigenvalue weighted by molar-refractivity contribution is 5.82. The number of aromatic nitrogens is 1. The summed E-state index contributed by atoms with van der Waals surface area (Å²) >= 11 is 0. The first-order valence-electron chi connectivity index (χ1n) is 4.71. The highest BCUT2D eigenvalue weighted by atomic mass is 19.1. The predicted octanol–water partition coefficient (Wildman–Crippen LogP) is -0.122. The second-order valence-electron chi connectivity index (χ2n) is 3.43. The maximum absolute atomic E-state index is 13.4. The van der Waals surface area contributed by atoms with E-state index in [1.165, 1.54) is 4.90 Å². The molecule has 0 radical (unpaired) electrons. The molecule has 5 nitrogen and oxygen atoms in total. The second kappa shape index (κ2) is 3.92. The lowest BCUT2D eigenvalue weighted by molar-refractivity contribution is -0.120. The standard InChI is InChI=1S/C9H10F2N4O/c10-5-3-6(11)9(14-8(5)12)15-2-1-13-7(16)4-15/h3H,1-2,4H2,(H2,12,14)(H,13,16). The molecule has 0 atom stereocenters. The fourth-order valence-electron chi connectivity index (χ4n) is 1.51. The monoisotopic (exact) mass is 228 g/mol. The Bertz CT molecular complexity index is 438. The zero-order chi connectivity index (χ0) is 11.7. The van der Waals surface area contributed by atoms with Gasteiger partial charge >= 0.3 is 0 Å². The minimum absolute atomic E-state index is 0.00497. The molecule has 0 bridgehead atoms. The molecule has 0 aliphatic carbocycles. The second-order valence-corrected chi connectivity index (χ2v) is 3.43. The van der Waals surface area contributed by atoms with E-state index in [4.69, 9.17) is 5.73 Å². The minimum Gasteiger partial charge on any atom is -0.381 e. The lowest BCUT2D eigenvalue weighted by atomic mass is 10.3. The fourth-order valence-corrected chi connectivity index (χ4v) is 1.51. The normalized spacial score (nSPS) is 16.1. The molecular weight excluding hydrogens is 218 g/mol. The smallest absolute Gasteiger partial charge is 0.239 e. The Morgan fingerprint density at radius 3 is 2.88 bits per heavy atom. The fraction of sp³-hybridized carbons (Fsp3) is 0.333. The van der Waals surface area contributed by atoms with Crippen LogP contribution in [0.2, 0.25) is 0 Å². The van der Waals surface area contributed by atoms with Crippen molar-refractivity contribution >= 4 is 17.5 Å². The van der Waals surface area contributed by atoms with Crippen LogP contribution in [-0.4, -0.2) is 30.5 Å². The van der Waals surface area contributed by atoms with Crippen LogP contribution in [0.25, 0.3) is 0 Å². The van der Waals surface area contributed by atoms with E-state index in [1.807, 2.05) is 0 Å². The molecule has 3 N–H and O–H groups in total. The van der Waals surface area contributed by atoms with Crippen molar-refractivity contribution < 1.29 is 13.6 Å². The molecule has 0 unspecified atom stereocenters. The summed E-state index contributed by atoms with van der Waals surface area (Å²) in [6.45, 7) is 0.812. The molecule has 1 aliphatic heterocycles. The highest BCUT2D eigenvalue weighted by Gasteiger charge is 2.21. The summed E-state index contributed by atoms with van der Waals surface area (Å²) in [5.74, 6) is -2.41. The third-order valence-corrected chi connectivity index (χ3v) is 2.28. The number of hydrogen-bond donors (Lipinski definition) is 2. The largest absolute Gasteiger partial charge is 0.381 e. The van der Waals surface area contributed by atoms with Crippen LogP contribution in [0.4, 0.5) is 20.4 Å². The van der Waals surface area contributed by atoms with Crippen LogP contribution >= 0.6 is 0 Å². The Morgan fingerprint density at radius 1 is 1.44 bits per heavy atom. The molecule has 1 aliphatic rings. The Hall–Kier alpha value is -1.92. The topological polar surface area (TPSA) is 71.2 Å². The number of anilines is 2. The third-order valence-electron chi connectivity index (χ3n) is 2.28. The Morgan fingerprint density at radius 2 is 2.19 bits per heavy atom. The molecule has 86 valence electrons. The maximum Gasteiger partial charge on any atom is 0.239 e. The summed E-state index contributed by atoms with van der Waals surface area (Å²) in [5, 5.41) is 2.59. The number of piperazine rings is 1. The summed E-state index contributed by atoms with van der Waals surface area (Å²) in [5.41, 5.74) is 5.25. The van der Waals surface area contributed by atoms with Crippen molar-refractivity contribution in [1.82, 2.24) is 10.3 Å². The van der Waals surface area contributed by atoms with Crippen molar-refractivity contribution in [1.29, 1.82) is 0 Å². The molecule has 7 heteroatoms. The van der Waals surface area contributed by atoms with E-state index in [-0.39, 0.29) is 24.1 Å². The van der Waals surface area contributed by atoms with Gasteiger partial charge in [0.2, 0.25) is 5.91 Å². The van der Waals surface area contributed by atoms with Crippen LogP contribution in [0.15, 0.2) is 6.07 Å². The van der Waals surface area contributed by atoms with Gasteiger partial charge in [0.15, 0.2) is 23.3 Å². The summed E-state index contributed by atoms with van der Waals surface area (Å²) in [6.07, 6.45) is 0. The van der Waals surface area contributed by atoms with E-state index in [0.29, 0.717) is 19.2 Å². The van der Waals surface area contributed by atoms with Gasteiger partial charge in [-0.05, 0) is 0 Å². The molecule has 1 saturated heterocycles. The van der Waals surface area contributed by atoms with Gasteiger partial charge in [0.05, 0.1) is 6.54 Å². The Labute approximate surface area is 90.2 Å². The van der Waals surface area contributed by atoms with Crippen molar-refractivity contribution in [2.75, 3.05) is 30.3 Å². The molecule has 16 heavy (non-hydrogen) atoms. The van der Waals surface area contributed by atoms with E-state index < -0.39 is 11.6 Å². The van der Waals surface area contributed by atoms with Gasteiger partial charge in [0, 0.05) is 19.2 Å². The first-order chi connectivity index (χ1) is 7.58. The van der Waals surface area contributed by atoms with Crippen LogP contribution < -0.4 is 16.0 Å². The van der Waals surface area contributed by atoms with Crippen LogP contribution in [0.1, 0.15) is 0 Å². The van der Waals surface area contributed by atoms with Crippen molar-refractivity contribution in [2.45, 2.75) is 0 Å². The Balaban J connectivity index is 2.32. The van der Waals surface area contributed by atoms with E-state index in [9.17, 15) is 13.6 Å². The van der Waals surface area contributed by atoms with Gasteiger partial charge in [0.25, 0.3) is 0 Å². The van der Waals surface area contributed by atoms with E-state index in [2.05, 4.69) is 10.3 Å². The first-order valence-corrected chi connectivity index (χ1v) is 4.71. The van der Waals surface area contributed by atoms with Gasteiger partial charge in [-0.1, -0.05) is 0 Å².